The molecule has 10 nitrogen and oxygen atoms in total. The van der Waals surface area contributed by atoms with Crippen LogP contribution < -0.4 is 0 Å². The van der Waals surface area contributed by atoms with Crippen molar-refractivity contribution in [3.05, 3.63) is 83.9 Å². The Bertz CT molecular complexity index is 1470. The van der Waals surface area contributed by atoms with Crippen LogP contribution in [-0.4, -0.2) is 84.9 Å². The van der Waals surface area contributed by atoms with Crippen molar-refractivity contribution in [1.29, 1.82) is 0 Å². The number of ether oxygens (including phenoxy) is 4. The van der Waals surface area contributed by atoms with Crippen LogP contribution in [0.25, 0.3) is 0 Å². The quantitative estimate of drug-likeness (QED) is 0.252. The minimum Gasteiger partial charge on any atom is -0.459 e. The van der Waals surface area contributed by atoms with Crippen LogP contribution in [0.5, 0.6) is 0 Å². The molecular formula is C34H40O10. The number of aliphatic hydroxyl groups excluding tert-OH is 3. The molecule has 7 rings (SSSR count). The number of esters is 1. The SMILES string of the molecule is C=C(C)[C@]12C[C@@H](C)C34O[C@](c5ccccc5)(OC1C3[C@H](O)[C@@](O)(COC(=O)c1ccccc1)[C@@H](O)[C@@]1(O)C4C[C@H](C)[C@@H]1O)O2. The Hall–Kier alpha value is -2.67. The summed E-state index contributed by atoms with van der Waals surface area (Å²) in [6.45, 7) is 8.85. The van der Waals surface area contributed by atoms with E-state index >= 15 is 0 Å². The van der Waals surface area contributed by atoms with Crippen molar-refractivity contribution in [2.75, 3.05) is 6.61 Å². The number of carbonyl (C=O) groups is 1. The van der Waals surface area contributed by atoms with Gasteiger partial charge in [0.2, 0.25) is 0 Å². The summed E-state index contributed by atoms with van der Waals surface area (Å²) in [5.74, 6) is -5.59. The number of fused-ring (bicyclic) bond motifs is 2. The molecule has 13 atom stereocenters. The van der Waals surface area contributed by atoms with E-state index in [4.69, 9.17) is 18.9 Å². The predicted molar refractivity (Wildman–Crippen MR) is 155 cm³/mol. The van der Waals surface area contributed by atoms with Gasteiger partial charge in [-0.05, 0) is 49.3 Å². The highest BCUT2D eigenvalue weighted by atomic mass is 16.9. The second-order valence-corrected chi connectivity index (χ2v) is 13.7. The average Bonchev–Trinajstić information content (AvgIpc) is 3.38. The molecule has 10 heteroatoms. The van der Waals surface area contributed by atoms with Crippen LogP contribution in [0.2, 0.25) is 0 Å². The number of carbonyl (C=O) groups excluding carboxylic acids is 1. The van der Waals surface area contributed by atoms with E-state index in [9.17, 15) is 30.3 Å². The molecule has 5 aliphatic rings. The molecule has 3 aliphatic carbocycles. The highest BCUT2D eigenvalue weighted by Gasteiger charge is 2.85. The second-order valence-electron chi connectivity index (χ2n) is 13.7. The van der Waals surface area contributed by atoms with Crippen LogP contribution >= 0.6 is 0 Å². The van der Waals surface area contributed by atoms with Crippen molar-refractivity contribution >= 4 is 5.97 Å². The van der Waals surface area contributed by atoms with Crippen molar-refractivity contribution < 1.29 is 49.3 Å². The van der Waals surface area contributed by atoms with Gasteiger partial charge in [-0.15, -0.1) is 0 Å². The average molecular weight is 609 g/mol. The summed E-state index contributed by atoms with van der Waals surface area (Å²) in [6, 6.07) is 17.2. The summed E-state index contributed by atoms with van der Waals surface area (Å²) in [5, 5.41) is 60.8. The Labute approximate surface area is 255 Å². The van der Waals surface area contributed by atoms with Crippen LogP contribution in [0.3, 0.4) is 0 Å². The molecule has 44 heavy (non-hydrogen) atoms. The summed E-state index contributed by atoms with van der Waals surface area (Å²) in [5.41, 5.74) is -6.27. The molecule has 0 aromatic heterocycles. The van der Waals surface area contributed by atoms with Crippen LogP contribution in [0.4, 0.5) is 0 Å². The summed E-state index contributed by atoms with van der Waals surface area (Å²) < 4.78 is 26.0. The van der Waals surface area contributed by atoms with Gasteiger partial charge in [0, 0.05) is 17.4 Å². The highest BCUT2D eigenvalue weighted by Crippen LogP contribution is 2.72. The van der Waals surface area contributed by atoms with E-state index in [1.165, 1.54) is 12.1 Å². The number of hydrogen-bond acceptors (Lipinski definition) is 10. The molecule has 2 aromatic rings. The lowest BCUT2D eigenvalue weighted by atomic mass is 9.53. The zero-order chi connectivity index (χ0) is 31.4. The van der Waals surface area contributed by atoms with E-state index < -0.39 is 89.0 Å². The number of hydrogen-bond donors (Lipinski definition) is 5. The Kier molecular flexibility index (Phi) is 6.59. The lowest BCUT2D eigenvalue weighted by molar-refractivity contribution is -0.446. The zero-order valence-electron chi connectivity index (χ0n) is 25.0. The van der Waals surface area contributed by atoms with E-state index in [2.05, 4.69) is 6.58 Å². The van der Waals surface area contributed by atoms with Crippen LogP contribution in [0.15, 0.2) is 72.8 Å². The van der Waals surface area contributed by atoms with Crippen molar-refractivity contribution in [3.63, 3.8) is 0 Å². The second kappa shape index (κ2) is 9.67. The first-order valence-electron chi connectivity index (χ1n) is 15.3. The first-order chi connectivity index (χ1) is 20.8. The van der Waals surface area contributed by atoms with E-state index in [0.717, 1.165) is 0 Å². The van der Waals surface area contributed by atoms with Gasteiger partial charge in [0.25, 0.3) is 0 Å². The third-order valence-corrected chi connectivity index (χ3v) is 11.4. The molecule has 2 heterocycles. The van der Waals surface area contributed by atoms with Crippen molar-refractivity contribution in [1.82, 2.24) is 0 Å². The lowest BCUT2D eigenvalue weighted by Crippen LogP contribution is -2.73. The minimum atomic E-state index is -2.64. The fourth-order valence-corrected chi connectivity index (χ4v) is 9.25. The smallest absolute Gasteiger partial charge is 0.338 e. The van der Waals surface area contributed by atoms with Gasteiger partial charge >= 0.3 is 11.9 Å². The summed E-state index contributed by atoms with van der Waals surface area (Å²) in [6.07, 6.45) is -5.89. The van der Waals surface area contributed by atoms with Crippen molar-refractivity contribution in [2.24, 2.45) is 23.7 Å². The monoisotopic (exact) mass is 608 g/mol. The predicted octanol–water partition coefficient (Wildman–Crippen LogP) is 2.02. The minimum absolute atomic E-state index is 0.200. The molecule has 5 fully saturated rings. The van der Waals surface area contributed by atoms with Gasteiger partial charge in [-0.2, -0.15) is 0 Å². The Morgan fingerprint density at radius 3 is 2.25 bits per heavy atom. The van der Waals surface area contributed by atoms with Gasteiger partial charge in [-0.25, -0.2) is 4.79 Å². The summed E-state index contributed by atoms with van der Waals surface area (Å²) in [4.78, 5) is 13.0. The molecule has 0 amide bonds. The third-order valence-electron chi connectivity index (χ3n) is 11.4. The molecular weight excluding hydrogens is 568 g/mol. The molecule has 2 saturated heterocycles. The van der Waals surface area contributed by atoms with Crippen LogP contribution in [0, 0.1) is 23.7 Å². The molecule has 3 saturated carbocycles. The third kappa shape index (κ3) is 3.56. The highest BCUT2D eigenvalue weighted by molar-refractivity contribution is 5.89. The molecule has 2 aromatic carbocycles. The summed E-state index contributed by atoms with van der Waals surface area (Å²) >= 11 is 0. The van der Waals surface area contributed by atoms with Crippen molar-refractivity contribution in [3.8, 4) is 0 Å². The van der Waals surface area contributed by atoms with Crippen LogP contribution in [0.1, 0.15) is 49.5 Å². The molecule has 236 valence electrons. The summed E-state index contributed by atoms with van der Waals surface area (Å²) in [7, 11) is 0. The topological polar surface area (TPSA) is 155 Å². The maximum Gasteiger partial charge on any atom is 0.338 e. The first kappa shape index (κ1) is 30.0. The van der Waals surface area contributed by atoms with E-state index in [1.54, 1.807) is 37.3 Å². The van der Waals surface area contributed by atoms with Gasteiger partial charge in [0.1, 0.15) is 30.0 Å². The standard InChI is InChI=1S/C34H40O10/c1-18(2)31-16-20(4)33-23-15-19(3)25(35)32(23,40)29(38)30(39,17-41-28(37)21-11-7-5-8-12-21)26(36)24(33)27(31)42-34(43-31,44-33)22-13-9-6-10-14-22/h5-14,19-20,23-27,29,35-36,38-40H,1,15-17H2,2-4H3/t19-,20+,23?,24?,25-,26-,27?,29+,30-,31+,32+,33?,34+/m0/s1. The molecule has 0 radical (unpaired) electrons. The lowest BCUT2D eigenvalue weighted by Gasteiger charge is -2.61. The van der Waals surface area contributed by atoms with Crippen LogP contribution in [-0.2, 0) is 24.9 Å². The number of aliphatic hydroxyl groups is 5. The molecule has 5 N–H and O–H groups in total. The van der Waals surface area contributed by atoms with Crippen molar-refractivity contribution in [2.45, 2.75) is 86.4 Å². The van der Waals surface area contributed by atoms with Gasteiger partial charge in [0.05, 0.1) is 23.4 Å². The molecule has 4 unspecified atom stereocenters. The van der Waals surface area contributed by atoms with E-state index in [1.807, 2.05) is 32.0 Å². The van der Waals surface area contributed by atoms with Gasteiger partial charge < -0.3 is 44.5 Å². The fraction of sp³-hybridized carbons (Fsp3) is 0.559. The maximum atomic E-state index is 13.0. The Morgan fingerprint density at radius 2 is 1.61 bits per heavy atom. The normalized spacial score (nSPS) is 48.7. The van der Waals surface area contributed by atoms with Gasteiger partial charge in [-0.3, -0.25) is 0 Å². The Morgan fingerprint density at radius 1 is 0.977 bits per heavy atom. The molecule has 0 spiro atoms. The number of rotatable bonds is 5. The van der Waals surface area contributed by atoms with Gasteiger partial charge in [-0.1, -0.05) is 69.0 Å². The maximum absolute atomic E-state index is 13.0. The van der Waals surface area contributed by atoms with E-state index in [-0.39, 0.29) is 12.0 Å². The number of benzene rings is 2. The Balaban J connectivity index is 1.42. The van der Waals surface area contributed by atoms with Gasteiger partial charge in [0.15, 0.2) is 5.60 Å². The fourth-order valence-electron chi connectivity index (χ4n) is 9.25. The zero-order valence-corrected chi connectivity index (χ0v) is 25.0. The first-order valence-corrected chi connectivity index (χ1v) is 15.3. The largest absolute Gasteiger partial charge is 0.459 e. The molecule has 2 aliphatic heterocycles. The molecule has 3 bridgehead atoms. The van der Waals surface area contributed by atoms with E-state index in [0.29, 0.717) is 17.6 Å².